The molecule has 6 heteroatoms. The Labute approximate surface area is 169 Å². The zero-order valence-corrected chi connectivity index (χ0v) is 16.6. The minimum absolute atomic E-state index is 0.170. The number of amides is 1. The molecule has 0 N–H and O–H groups in total. The van der Waals surface area contributed by atoms with Gasteiger partial charge in [-0.3, -0.25) is 9.69 Å². The van der Waals surface area contributed by atoms with Gasteiger partial charge in [-0.1, -0.05) is 42.5 Å². The molecule has 28 heavy (non-hydrogen) atoms. The van der Waals surface area contributed by atoms with Crippen molar-refractivity contribution in [2.45, 2.75) is 6.42 Å². The maximum atomic E-state index is 12.6. The second-order valence-electron chi connectivity index (χ2n) is 6.88. The van der Waals surface area contributed by atoms with Crippen LogP contribution in [-0.2, 0) is 11.2 Å². The largest absolute Gasteiger partial charge is 0.340 e. The van der Waals surface area contributed by atoms with Crippen molar-refractivity contribution in [3.8, 4) is 5.13 Å². The Bertz CT molecular complexity index is 909. The topological polar surface area (TPSA) is 41.4 Å². The van der Waals surface area contributed by atoms with Crippen molar-refractivity contribution in [2.24, 2.45) is 0 Å². The summed E-state index contributed by atoms with van der Waals surface area (Å²) in [7, 11) is 0. The molecule has 1 aromatic carbocycles. The smallest absolute Gasteiger partial charge is 0.228 e. The van der Waals surface area contributed by atoms with E-state index in [1.807, 2.05) is 57.6 Å². The number of benzene rings is 1. The van der Waals surface area contributed by atoms with E-state index in [9.17, 15) is 4.79 Å². The van der Waals surface area contributed by atoms with E-state index in [0.717, 1.165) is 43.5 Å². The molecule has 0 bridgehead atoms. The highest BCUT2D eigenvalue weighted by molar-refractivity contribution is 7.12. The summed E-state index contributed by atoms with van der Waals surface area (Å²) in [5.41, 5.74) is 2.07. The molecule has 0 unspecified atom stereocenters. The molecule has 1 amide bonds. The number of rotatable bonds is 6. The van der Waals surface area contributed by atoms with Gasteiger partial charge in [0.25, 0.3) is 0 Å². The van der Waals surface area contributed by atoms with Gasteiger partial charge in [0.2, 0.25) is 5.91 Å². The van der Waals surface area contributed by atoms with Gasteiger partial charge in [-0.2, -0.15) is 0 Å². The summed E-state index contributed by atoms with van der Waals surface area (Å²) in [5, 5.41) is 2.89. The SMILES string of the molecule is O=C(Cc1csc(-n2cccc2)n1)N1CCN(CC=Cc2ccccc2)CC1. The Morgan fingerprint density at radius 3 is 2.54 bits per heavy atom. The quantitative estimate of drug-likeness (QED) is 0.646. The van der Waals surface area contributed by atoms with Crippen LogP contribution in [-0.4, -0.2) is 58.0 Å². The molecule has 0 spiro atoms. The number of aromatic nitrogens is 2. The third-order valence-corrected chi connectivity index (χ3v) is 5.80. The molecule has 1 saturated heterocycles. The van der Waals surface area contributed by atoms with Crippen LogP contribution < -0.4 is 0 Å². The van der Waals surface area contributed by atoms with E-state index in [1.165, 1.54) is 5.56 Å². The van der Waals surface area contributed by atoms with Gasteiger partial charge in [0.15, 0.2) is 5.13 Å². The fourth-order valence-electron chi connectivity index (χ4n) is 3.31. The number of carbonyl (C=O) groups is 1. The molecule has 4 rings (SSSR count). The second-order valence-corrected chi connectivity index (χ2v) is 7.72. The van der Waals surface area contributed by atoms with Gasteiger partial charge in [0, 0.05) is 50.5 Å². The molecule has 1 aliphatic heterocycles. The van der Waals surface area contributed by atoms with Crippen molar-refractivity contribution < 1.29 is 4.79 Å². The van der Waals surface area contributed by atoms with Gasteiger partial charge in [-0.05, 0) is 17.7 Å². The lowest BCUT2D eigenvalue weighted by molar-refractivity contribution is -0.132. The first-order valence-corrected chi connectivity index (χ1v) is 10.5. The van der Waals surface area contributed by atoms with Crippen molar-refractivity contribution in [3.63, 3.8) is 0 Å². The van der Waals surface area contributed by atoms with Crippen molar-refractivity contribution >= 4 is 23.3 Å². The zero-order chi connectivity index (χ0) is 19.2. The minimum Gasteiger partial charge on any atom is -0.340 e. The lowest BCUT2D eigenvalue weighted by atomic mass is 10.2. The van der Waals surface area contributed by atoms with E-state index < -0.39 is 0 Å². The van der Waals surface area contributed by atoms with Crippen molar-refractivity contribution in [3.05, 3.63) is 77.6 Å². The molecule has 2 aromatic heterocycles. The zero-order valence-electron chi connectivity index (χ0n) is 15.8. The summed E-state index contributed by atoms with van der Waals surface area (Å²) < 4.78 is 1.97. The van der Waals surface area contributed by atoms with Gasteiger partial charge in [-0.25, -0.2) is 4.98 Å². The average molecular weight is 393 g/mol. The highest BCUT2D eigenvalue weighted by Crippen LogP contribution is 2.16. The maximum absolute atomic E-state index is 12.6. The number of piperazine rings is 1. The third kappa shape index (κ3) is 4.77. The molecule has 0 atom stereocenters. The Morgan fingerprint density at radius 1 is 1.04 bits per heavy atom. The Hall–Kier alpha value is -2.70. The number of thiazole rings is 1. The summed E-state index contributed by atoms with van der Waals surface area (Å²) in [6, 6.07) is 14.3. The summed E-state index contributed by atoms with van der Waals surface area (Å²) in [6.45, 7) is 4.32. The van der Waals surface area contributed by atoms with Gasteiger partial charge in [0.1, 0.15) is 0 Å². The second kappa shape index (κ2) is 8.99. The van der Waals surface area contributed by atoms with E-state index in [2.05, 4.69) is 34.2 Å². The summed E-state index contributed by atoms with van der Waals surface area (Å²) in [5.74, 6) is 0.170. The van der Waals surface area contributed by atoms with Crippen LogP contribution in [0.4, 0.5) is 0 Å². The number of nitrogens with zero attached hydrogens (tertiary/aromatic N) is 4. The van der Waals surface area contributed by atoms with Gasteiger partial charge in [0.05, 0.1) is 12.1 Å². The van der Waals surface area contributed by atoms with E-state index in [0.29, 0.717) is 6.42 Å². The first-order valence-electron chi connectivity index (χ1n) is 9.57. The maximum Gasteiger partial charge on any atom is 0.228 e. The molecule has 0 aliphatic carbocycles. The highest BCUT2D eigenvalue weighted by Gasteiger charge is 2.21. The van der Waals surface area contributed by atoms with Crippen LogP contribution in [0.25, 0.3) is 11.2 Å². The summed E-state index contributed by atoms with van der Waals surface area (Å²) in [4.78, 5) is 21.6. The Balaban J connectivity index is 1.23. The molecular weight excluding hydrogens is 368 g/mol. The van der Waals surface area contributed by atoms with Gasteiger partial charge >= 0.3 is 0 Å². The van der Waals surface area contributed by atoms with E-state index >= 15 is 0 Å². The monoisotopic (exact) mass is 392 g/mol. The van der Waals surface area contributed by atoms with E-state index in [1.54, 1.807) is 11.3 Å². The molecule has 5 nitrogen and oxygen atoms in total. The lowest BCUT2D eigenvalue weighted by Crippen LogP contribution is -2.49. The number of hydrogen-bond acceptors (Lipinski definition) is 4. The molecule has 0 saturated carbocycles. The third-order valence-electron chi connectivity index (χ3n) is 4.90. The van der Waals surface area contributed by atoms with Gasteiger partial charge < -0.3 is 9.47 Å². The molecular formula is C22H24N4OS. The average Bonchev–Trinajstić information content (AvgIpc) is 3.41. The molecule has 1 aliphatic rings. The first-order chi connectivity index (χ1) is 13.8. The normalized spacial score (nSPS) is 15.4. The van der Waals surface area contributed by atoms with Crippen molar-refractivity contribution in [2.75, 3.05) is 32.7 Å². The van der Waals surface area contributed by atoms with Crippen LogP contribution in [0.5, 0.6) is 0 Å². The van der Waals surface area contributed by atoms with E-state index in [4.69, 9.17) is 0 Å². The molecule has 1 fully saturated rings. The van der Waals surface area contributed by atoms with Gasteiger partial charge in [-0.15, -0.1) is 11.3 Å². The highest BCUT2D eigenvalue weighted by atomic mass is 32.1. The molecule has 3 aromatic rings. The number of carbonyl (C=O) groups excluding carboxylic acids is 1. The standard InChI is InChI=1S/C22H24N4OS/c27-21(17-20-18-28-22(23-20)26-11-4-5-12-26)25-15-13-24(14-16-25)10-6-9-19-7-2-1-3-8-19/h1-9,11-12,18H,10,13-17H2. The Morgan fingerprint density at radius 2 is 1.79 bits per heavy atom. The van der Waals surface area contributed by atoms with Crippen molar-refractivity contribution in [1.82, 2.24) is 19.4 Å². The predicted molar refractivity (Wildman–Crippen MR) is 114 cm³/mol. The van der Waals surface area contributed by atoms with Crippen LogP contribution in [0.2, 0.25) is 0 Å². The predicted octanol–water partition coefficient (Wildman–Crippen LogP) is 3.33. The lowest BCUT2D eigenvalue weighted by Gasteiger charge is -2.34. The fourth-order valence-corrected chi connectivity index (χ4v) is 4.10. The van der Waals surface area contributed by atoms with Crippen LogP contribution in [0.15, 0.2) is 66.3 Å². The van der Waals surface area contributed by atoms with Crippen LogP contribution in [0.1, 0.15) is 11.3 Å². The summed E-state index contributed by atoms with van der Waals surface area (Å²) >= 11 is 1.57. The first kappa shape index (κ1) is 18.7. The fraction of sp³-hybridized carbons (Fsp3) is 0.273. The van der Waals surface area contributed by atoms with Crippen LogP contribution in [0, 0.1) is 0 Å². The molecule has 0 radical (unpaired) electrons. The molecule has 144 valence electrons. The minimum atomic E-state index is 0.170. The van der Waals surface area contributed by atoms with Crippen LogP contribution >= 0.6 is 11.3 Å². The number of hydrogen-bond donors (Lipinski definition) is 0. The van der Waals surface area contributed by atoms with E-state index in [-0.39, 0.29) is 5.91 Å². The Kier molecular flexibility index (Phi) is 5.99. The van der Waals surface area contributed by atoms with Crippen molar-refractivity contribution in [1.29, 1.82) is 0 Å². The summed E-state index contributed by atoms with van der Waals surface area (Å²) in [6.07, 6.45) is 8.67. The van der Waals surface area contributed by atoms with Crippen LogP contribution in [0.3, 0.4) is 0 Å². The molecule has 3 heterocycles.